The molecule has 0 saturated heterocycles. The number of furan rings is 1. The van der Waals surface area contributed by atoms with Gasteiger partial charge in [0.25, 0.3) is 0 Å². The first-order valence-corrected chi connectivity index (χ1v) is 5.65. The fourth-order valence-corrected chi connectivity index (χ4v) is 1.91. The predicted octanol–water partition coefficient (Wildman–Crippen LogP) is 2.22. The summed E-state index contributed by atoms with van der Waals surface area (Å²) in [4.78, 5) is 14.0. The van der Waals surface area contributed by atoms with Crippen LogP contribution in [0.5, 0.6) is 0 Å². The topological polar surface area (TPSA) is 124 Å². The minimum atomic E-state index is -0.602. The van der Waals surface area contributed by atoms with Crippen molar-refractivity contribution >= 4 is 11.7 Å². The van der Waals surface area contributed by atoms with Gasteiger partial charge in [0.1, 0.15) is 10.6 Å². The van der Waals surface area contributed by atoms with Crippen molar-refractivity contribution < 1.29 is 9.34 Å². The second kappa shape index (κ2) is 4.50. The van der Waals surface area contributed by atoms with Crippen LogP contribution < -0.4 is 5.73 Å². The highest BCUT2D eigenvalue weighted by molar-refractivity contribution is 5.86. The fourth-order valence-electron chi connectivity index (χ4n) is 1.91. The van der Waals surface area contributed by atoms with Gasteiger partial charge < -0.3 is 10.2 Å². The third-order valence-electron chi connectivity index (χ3n) is 2.78. The number of hydrogen-bond donors (Lipinski definition) is 2. The summed E-state index contributed by atoms with van der Waals surface area (Å²) in [5.41, 5.74) is 7.74. The summed E-state index contributed by atoms with van der Waals surface area (Å²) < 4.78 is 5.17. The molecule has 0 aliphatic rings. The maximum atomic E-state index is 10.7. The third kappa shape index (κ3) is 1.88. The quantitative estimate of drug-likeness (QED) is 0.556. The Kier molecular flexibility index (Phi) is 2.68. The highest BCUT2D eigenvalue weighted by Crippen LogP contribution is 2.36. The Balaban J connectivity index is 2.13. The molecule has 0 unspecified atom stereocenters. The molecule has 0 aromatic carbocycles. The molecule has 20 heavy (non-hydrogen) atoms. The SMILES string of the molecule is Nc1n[nH]c(-c2ccc([N+](=O)[O-])o2)c1-c1ccncc1. The number of pyridine rings is 1. The second-order valence-electron chi connectivity index (χ2n) is 3.99. The minimum Gasteiger partial charge on any atom is -0.399 e. The molecule has 3 N–H and O–H groups in total. The molecule has 0 atom stereocenters. The van der Waals surface area contributed by atoms with Crippen LogP contribution in [0.15, 0.2) is 41.1 Å². The van der Waals surface area contributed by atoms with Crippen LogP contribution in [0.2, 0.25) is 0 Å². The molecule has 0 amide bonds. The van der Waals surface area contributed by atoms with Gasteiger partial charge in [-0.2, -0.15) is 5.10 Å². The van der Waals surface area contributed by atoms with Crippen LogP contribution in [-0.2, 0) is 0 Å². The van der Waals surface area contributed by atoms with Gasteiger partial charge in [0.05, 0.1) is 11.6 Å². The van der Waals surface area contributed by atoms with Crippen LogP contribution in [0.1, 0.15) is 0 Å². The molecular weight excluding hydrogens is 262 g/mol. The molecule has 3 heterocycles. The molecule has 0 bridgehead atoms. The number of nitrogens with one attached hydrogen (secondary N) is 1. The van der Waals surface area contributed by atoms with E-state index in [0.717, 1.165) is 5.56 Å². The normalized spacial score (nSPS) is 10.6. The van der Waals surface area contributed by atoms with E-state index in [1.54, 1.807) is 24.5 Å². The number of nitro groups is 1. The minimum absolute atomic E-state index is 0.283. The Hall–Kier alpha value is -3.16. The first-order valence-electron chi connectivity index (χ1n) is 5.65. The average Bonchev–Trinajstić information content (AvgIpc) is 3.06. The highest BCUT2D eigenvalue weighted by atomic mass is 16.6. The summed E-state index contributed by atoms with van der Waals surface area (Å²) in [6.45, 7) is 0. The molecule has 3 rings (SSSR count). The molecule has 0 saturated carbocycles. The fraction of sp³-hybridized carbons (Fsp3) is 0. The van der Waals surface area contributed by atoms with Crippen molar-refractivity contribution in [3.63, 3.8) is 0 Å². The summed E-state index contributed by atoms with van der Waals surface area (Å²) in [6, 6.07) is 6.31. The Labute approximate surface area is 112 Å². The van der Waals surface area contributed by atoms with Crippen LogP contribution >= 0.6 is 0 Å². The third-order valence-corrected chi connectivity index (χ3v) is 2.78. The second-order valence-corrected chi connectivity index (χ2v) is 3.99. The largest absolute Gasteiger partial charge is 0.433 e. The van der Waals surface area contributed by atoms with E-state index in [9.17, 15) is 10.1 Å². The van der Waals surface area contributed by atoms with E-state index in [4.69, 9.17) is 10.2 Å². The van der Waals surface area contributed by atoms with Gasteiger partial charge in [-0.3, -0.25) is 20.2 Å². The van der Waals surface area contributed by atoms with Crippen molar-refractivity contribution in [2.45, 2.75) is 0 Å². The van der Waals surface area contributed by atoms with E-state index in [0.29, 0.717) is 17.0 Å². The lowest BCUT2D eigenvalue weighted by Crippen LogP contribution is -1.88. The molecule has 0 fully saturated rings. The predicted molar refractivity (Wildman–Crippen MR) is 70.6 cm³/mol. The molecule has 0 aliphatic heterocycles. The number of nitrogens with two attached hydrogens (primary N) is 1. The summed E-state index contributed by atoms with van der Waals surface area (Å²) in [7, 11) is 0. The maximum absolute atomic E-state index is 10.7. The summed E-state index contributed by atoms with van der Waals surface area (Å²) in [6.07, 6.45) is 3.24. The molecule has 100 valence electrons. The molecule has 8 nitrogen and oxygen atoms in total. The van der Waals surface area contributed by atoms with Gasteiger partial charge in [-0.25, -0.2) is 0 Å². The number of H-pyrrole nitrogens is 1. The lowest BCUT2D eigenvalue weighted by Gasteiger charge is -2.01. The first-order chi connectivity index (χ1) is 9.66. The molecule has 0 radical (unpaired) electrons. The van der Waals surface area contributed by atoms with E-state index < -0.39 is 4.92 Å². The maximum Gasteiger partial charge on any atom is 0.433 e. The van der Waals surface area contributed by atoms with E-state index in [1.165, 1.54) is 12.1 Å². The smallest absolute Gasteiger partial charge is 0.399 e. The van der Waals surface area contributed by atoms with E-state index in [-0.39, 0.29) is 11.7 Å². The number of anilines is 1. The Bertz CT molecular complexity index is 763. The van der Waals surface area contributed by atoms with E-state index in [1.807, 2.05) is 0 Å². The molecule has 3 aromatic heterocycles. The van der Waals surface area contributed by atoms with Crippen LogP contribution in [-0.4, -0.2) is 20.1 Å². The van der Waals surface area contributed by atoms with Crippen LogP contribution in [0.25, 0.3) is 22.6 Å². The van der Waals surface area contributed by atoms with Gasteiger partial charge in [-0.15, -0.1) is 0 Å². The summed E-state index contributed by atoms with van der Waals surface area (Å²) in [5, 5.41) is 17.3. The molecule has 0 spiro atoms. The average molecular weight is 271 g/mol. The summed E-state index contributed by atoms with van der Waals surface area (Å²) >= 11 is 0. The van der Waals surface area contributed by atoms with Crippen LogP contribution in [0.4, 0.5) is 11.7 Å². The first kappa shape index (κ1) is 11.9. The number of aromatic amines is 1. The lowest BCUT2D eigenvalue weighted by molar-refractivity contribution is -0.401. The Morgan fingerprint density at radius 1 is 1.25 bits per heavy atom. The van der Waals surface area contributed by atoms with Gasteiger partial charge in [-0.05, 0) is 23.8 Å². The Morgan fingerprint density at radius 3 is 2.65 bits per heavy atom. The number of nitrogens with zero attached hydrogens (tertiary/aromatic N) is 3. The van der Waals surface area contributed by atoms with Crippen molar-refractivity contribution in [2.24, 2.45) is 0 Å². The Morgan fingerprint density at radius 2 is 2.00 bits per heavy atom. The molecule has 0 aliphatic carbocycles. The standard InChI is InChI=1S/C12H9N5O3/c13-12-10(7-3-5-14-6-4-7)11(15-16-12)8-1-2-9(20-8)17(18)19/h1-6H,(H3,13,15,16). The van der Waals surface area contributed by atoms with Crippen LogP contribution in [0.3, 0.4) is 0 Å². The zero-order valence-corrected chi connectivity index (χ0v) is 10.1. The van der Waals surface area contributed by atoms with Crippen LogP contribution in [0, 0.1) is 10.1 Å². The van der Waals surface area contributed by atoms with E-state index >= 15 is 0 Å². The number of rotatable bonds is 3. The van der Waals surface area contributed by atoms with Crippen molar-refractivity contribution in [1.82, 2.24) is 15.2 Å². The number of aromatic nitrogens is 3. The monoisotopic (exact) mass is 271 g/mol. The van der Waals surface area contributed by atoms with Gasteiger partial charge in [0.2, 0.25) is 0 Å². The zero-order chi connectivity index (χ0) is 14.1. The lowest BCUT2D eigenvalue weighted by atomic mass is 10.1. The van der Waals surface area contributed by atoms with Crippen molar-refractivity contribution in [3.05, 3.63) is 46.8 Å². The van der Waals surface area contributed by atoms with Crippen molar-refractivity contribution in [1.29, 1.82) is 0 Å². The number of nitrogen functional groups attached to an aromatic ring is 1. The van der Waals surface area contributed by atoms with Gasteiger partial charge in [-0.1, -0.05) is 0 Å². The summed E-state index contributed by atoms with van der Waals surface area (Å²) in [5.74, 6) is 0.242. The van der Waals surface area contributed by atoms with Crippen molar-refractivity contribution in [2.75, 3.05) is 5.73 Å². The molecule has 3 aromatic rings. The van der Waals surface area contributed by atoms with Gasteiger partial charge >= 0.3 is 5.88 Å². The van der Waals surface area contributed by atoms with Gasteiger partial charge in [0.15, 0.2) is 11.6 Å². The number of hydrogen-bond acceptors (Lipinski definition) is 6. The molecule has 8 heteroatoms. The zero-order valence-electron chi connectivity index (χ0n) is 10.1. The van der Waals surface area contributed by atoms with E-state index in [2.05, 4.69) is 15.2 Å². The van der Waals surface area contributed by atoms with Gasteiger partial charge in [0, 0.05) is 12.4 Å². The highest BCUT2D eigenvalue weighted by Gasteiger charge is 2.20. The van der Waals surface area contributed by atoms with Crippen molar-refractivity contribution in [3.8, 4) is 22.6 Å². The molecular formula is C12H9N5O3.